The van der Waals surface area contributed by atoms with Gasteiger partial charge in [-0.05, 0) is 24.6 Å². The minimum atomic E-state index is 0.0156. The lowest BCUT2D eigenvalue weighted by molar-refractivity contribution is -0.137. The van der Waals surface area contributed by atoms with Gasteiger partial charge in [-0.2, -0.15) is 0 Å². The molecule has 5 nitrogen and oxygen atoms in total. The van der Waals surface area contributed by atoms with Gasteiger partial charge in [0.2, 0.25) is 5.91 Å². The zero-order valence-corrected chi connectivity index (χ0v) is 15.3. The van der Waals surface area contributed by atoms with Crippen LogP contribution >= 0.6 is 0 Å². The summed E-state index contributed by atoms with van der Waals surface area (Å²) in [5.74, 6) is 1.81. The smallest absolute Gasteiger partial charge is 0.227 e. The molecule has 1 amide bonds. The zero-order valence-electron chi connectivity index (χ0n) is 15.3. The Hall–Kier alpha value is -2.95. The van der Waals surface area contributed by atoms with Gasteiger partial charge in [0, 0.05) is 16.9 Å². The van der Waals surface area contributed by atoms with Gasteiger partial charge >= 0.3 is 0 Å². The number of anilines is 1. The van der Waals surface area contributed by atoms with Crippen LogP contribution in [0.1, 0.15) is 19.4 Å². The fourth-order valence-corrected chi connectivity index (χ4v) is 3.25. The van der Waals surface area contributed by atoms with Gasteiger partial charge in [0.05, 0.1) is 18.9 Å². The molecule has 26 heavy (non-hydrogen) atoms. The molecule has 0 aliphatic carbocycles. The van der Waals surface area contributed by atoms with Crippen molar-refractivity contribution in [1.29, 1.82) is 0 Å². The number of rotatable bonds is 3. The first kappa shape index (κ1) is 16.5. The molecule has 0 N–H and O–H groups in total. The van der Waals surface area contributed by atoms with Gasteiger partial charge in [-0.3, -0.25) is 4.79 Å². The number of hydrogen-bond acceptors (Lipinski definition) is 4. The lowest BCUT2D eigenvalue weighted by Gasteiger charge is -2.44. The van der Waals surface area contributed by atoms with Crippen LogP contribution in [0, 0.1) is 12.8 Å². The summed E-state index contributed by atoms with van der Waals surface area (Å²) in [5, 5.41) is 1.02. The second-order valence-electron chi connectivity index (χ2n) is 7.06. The van der Waals surface area contributed by atoms with Crippen LogP contribution in [-0.4, -0.2) is 34.1 Å². The van der Waals surface area contributed by atoms with E-state index >= 15 is 0 Å². The maximum atomic E-state index is 12.2. The van der Waals surface area contributed by atoms with Crippen molar-refractivity contribution in [2.24, 2.45) is 5.92 Å². The normalized spacial score (nSPS) is 14.0. The van der Waals surface area contributed by atoms with Crippen molar-refractivity contribution < 1.29 is 4.79 Å². The molecule has 132 valence electrons. The molecule has 3 aromatic rings. The average Bonchev–Trinajstić information content (AvgIpc) is 2.60. The Morgan fingerprint density at radius 2 is 1.69 bits per heavy atom. The van der Waals surface area contributed by atoms with E-state index in [1.807, 2.05) is 61.2 Å². The highest BCUT2D eigenvalue weighted by atomic mass is 16.2. The molecular weight excluding hydrogens is 324 g/mol. The van der Waals surface area contributed by atoms with E-state index in [0.29, 0.717) is 13.3 Å². The van der Waals surface area contributed by atoms with Crippen LogP contribution in [0.5, 0.6) is 0 Å². The molecule has 5 heteroatoms. The SMILES string of the molecule is Cc1ccccc1-c1nc(N2CN(C(=O)C(C)C)C2)c2ccccc2n1. The molecule has 0 spiro atoms. The van der Waals surface area contributed by atoms with Crippen LogP contribution in [0.4, 0.5) is 5.82 Å². The number of amides is 1. The number of fused-ring (bicyclic) bond motifs is 1. The second kappa shape index (κ2) is 6.41. The third-order valence-electron chi connectivity index (χ3n) is 4.76. The molecule has 2 heterocycles. The summed E-state index contributed by atoms with van der Waals surface area (Å²) in [6.07, 6.45) is 0. The van der Waals surface area contributed by atoms with E-state index in [9.17, 15) is 4.79 Å². The lowest BCUT2D eigenvalue weighted by atomic mass is 10.1. The van der Waals surface area contributed by atoms with Crippen molar-refractivity contribution in [3.63, 3.8) is 0 Å². The predicted octanol–water partition coefficient (Wildman–Crippen LogP) is 3.82. The summed E-state index contributed by atoms with van der Waals surface area (Å²) in [6.45, 7) is 7.08. The van der Waals surface area contributed by atoms with E-state index < -0.39 is 0 Å². The van der Waals surface area contributed by atoms with Crippen molar-refractivity contribution in [1.82, 2.24) is 14.9 Å². The van der Waals surface area contributed by atoms with E-state index in [4.69, 9.17) is 9.97 Å². The zero-order chi connectivity index (χ0) is 18.3. The third kappa shape index (κ3) is 2.79. The average molecular weight is 346 g/mol. The molecule has 1 aliphatic heterocycles. The maximum absolute atomic E-state index is 12.2. The molecular formula is C21H22N4O. The number of aromatic nitrogens is 2. The number of aryl methyl sites for hydroxylation is 1. The van der Waals surface area contributed by atoms with Crippen LogP contribution < -0.4 is 4.90 Å². The topological polar surface area (TPSA) is 49.3 Å². The van der Waals surface area contributed by atoms with Crippen LogP contribution in [0.2, 0.25) is 0 Å². The standard InChI is InChI=1S/C21H22N4O/c1-14(2)21(26)25-12-24(13-25)20-17-10-6-7-11-18(17)22-19(23-20)16-9-5-4-8-15(16)3/h4-11,14H,12-13H2,1-3H3. The van der Waals surface area contributed by atoms with Gasteiger partial charge < -0.3 is 9.80 Å². The fraction of sp³-hybridized carbons (Fsp3) is 0.286. The highest BCUT2D eigenvalue weighted by molar-refractivity contribution is 5.92. The molecule has 2 aromatic carbocycles. The first-order chi connectivity index (χ1) is 12.5. The highest BCUT2D eigenvalue weighted by Gasteiger charge is 2.31. The number of carbonyl (C=O) groups excluding carboxylic acids is 1. The molecule has 1 aromatic heterocycles. The van der Waals surface area contributed by atoms with Crippen LogP contribution in [0.25, 0.3) is 22.3 Å². The molecule has 1 aliphatic rings. The number of benzene rings is 2. The molecule has 1 fully saturated rings. The van der Waals surface area contributed by atoms with Crippen molar-refractivity contribution in [2.75, 3.05) is 18.2 Å². The first-order valence-corrected chi connectivity index (χ1v) is 8.91. The summed E-state index contributed by atoms with van der Waals surface area (Å²) >= 11 is 0. The van der Waals surface area contributed by atoms with E-state index in [1.165, 1.54) is 0 Å². The second-order valence-corrected chi connectivity index (χ2v) is 7.06. The predicted molar refractivity (Wildman–Crippen MR) is 104 cm³/mol. The highest BCUT2D eigenvalue weighted by Crippen LogP contribution is 2.31. The van der Waals surface area contributed by atoms with Gasteiger partial charge in [-0.15, -0.1) is 0 Å². The molecule has 4 rings (SSSR count). The maximum Gasteiger partial charge on any atom is 0.227 e. The Bertz CT molecular complexity index is 977. The van der Waals surface area contributed by atoms with Crippen molar-refractivity contribution >= 4 is 22.6 Å². The van der Waals surface area contributed by atoms with Crippen LogP contribution in [0.3, 0.4) is 0 Å². The summed E-state index contributed by atoms with van der Waals surface area (Å²) in [5.41, 5.74) is 3.11. The van der Waals surface area contributed by atoms with Crippen LogP contribution in [-0.2, 0) is 4.79 Å². The van der Waals surface area contributed by atoms with Gasteiger partial charge in [0.15, 0.2) is 5.82 Å². The van der Waals surface area contributed by atoms with Crippen LogP contribution in [0.15, 0.2) is 48.5 Å². The fourth-order valence-electron chi connectivity index (χ4n) is 3.25. The third-order valence-corrected chi connectivity index (χ3v) is 4.76. The quantitative estimate of drug-likeness (QED) is 0.723. The minimum absolute atomic E-state index is 0.0156. The first-order valence-electron chi connectivity index (χ1n) is 8.91. The molecule has 0 unspecified atom stereocenters. The van der Waals surface area contributed by atoms with E-state index in [-0.39, 0.29) is 11.8 Å². The molecule has 0 atom stereocenters. The van der Waals surface area contributed by atoms with Gasteiger partial charge in [-0.1, -0.05) is 50.2 Å². The van der Waals surface area contributed by atoms with Crippen molar-refractivity contribution in [3.05, 3.63) is 54.1 Å². The Labute approximate surface area is 153 Å². The minimum Gasteiger partial charge on any atom is -0.320 e. The van der Waals surface area contributed by atoms with E-state index in [1.54, 1.807) is 0 Å². The van der Waals surface area contributed by atoms with Gasteiger partial charge in [0.1, 0.15) is 5.82 Å². The van der Waals surface area contributed by atoms with Gasteiger partial charge in [0.25, 0.3) is 0 Å². The molecule has 0 radical (unpaired) electrons. The number of para-hydroxylation sites is 1. The summed E-state index contributed by atoms with van der Waals surface area (Å²) in [7, 11) is 0. The van der Waals surface area contributed by atoms with E-state index in [2.05, 4.69) is 17.9 Å². The Morgan fingerprint density at radius 1 is 1.00 bits per heavy atom. The number of nitrogens with zero attached hydrogens (tertiary/aromatic N) is 4. The van der Waals surface area contributed by atoms with Gasteiger partial charge in [-0.25, -0.2) is 9.97 Å². The molecule has 1 saturated heterocycles. The largest absolute Gasteiger partial charge is 0.320 e. The Morgan fingerprint density at radius 3 is 2.42 bits per heavy atom. The monoisotopic (exact) mass is 346 g/mol. The Kier molecular flexibility index (Phi) is 4.07. The summed E-state index contributed by atoms with van der Waals surface area (Å²) < 4.78 is 0. The van der Waals surface area contributed by atoms with Crippen molar-refractivity contribution in [2.45, 2.75) is 20.8 Å². The Balaban J connectivity index is 1.75. The van der Waals surface area contributed by atoms with E-state index in [0.717, 1.165) is 33.7 Å². The molecule has 0 saturated carbocycles. The lowest BCUT2D eigenvalue weighted by Crippen LogP contribution is -2.59. The molecule has 0 bridgehead atoms. The van der Waals surface area contributed by atoms with Crippen molar-refractivity contribution in [3.8, 4) is 11.4 Å². The summed E-state index contributed by atoms with van der Waals surface area (Å²) in [4.78, 5) is 25.8. The number of carbonyl (C=O) groups is 1. The summed E-state index contributed by atoms with van der Waals surface area (Å²) in [6, 6.07) is 16.2. The number of hydrogen-bond donors (Lipinski definition) is 0.